The van der Waals surface area contributed by atoms with Crippen molar-refractivity contribution in [2.24, 2.45) is 5.92 Å². The number of amides is 1. The molecule has 0 spiro atoms. The van der Waals surface area contributed by atoms with Crippen molar-refractivity contribution in [1.82, 2.24) is 10.3 Å². The fraction of sp³-hybridized carbons (Fsp3) is 0.250. The van der Waals surface area contributed by atoms with Crippen LogP contribution < -0.4 is 5.32 Å². The highest BCUT2D eigenvalue weighted by Crippen LogP contribution is 2.32. The van der Waals surface area contributed by atoms with Crippen LogP contribution in [0.1, 0.15) is 23.2 Å². The van der Waals surface area contributed by atoms with Crippen molar-refractivity contribution >= 4 is 28.4 Å². The van der Waals surface area contributed by atoms with Crippen LogP contribution in [0.4, 0.5) is 4.39 Å². The van der Waals surface area contributed by atoms with E-state index in [-0.39, 0.29) is 17.6 Å². The topological polar surface area (TPSA) is 44.9 Å². The number of aromatic amines is 1. The molecule has 1 heterocycles. The summed E-state index contributed by atoms with van der Waals surface area (Å²) in [6.07, 6.45) is 2.22. The van der Waals surface area contributed by atoms with Crippen molar-refractivity contribution in [2.45, 2.75) is 25.8 Å². The molecule has 1 atom stereocenters. The highest BCUT2D eigenvalue weighted by molar-refractivity contribution is 6.31. The second kappa shape index (κ2) is 6.52. The van der Waals surface area contributed by atoms with E-state index < -0.39 is 0 Å². The molecule has 4 rings (SSSR count). The van der Waals surface area contributed by atoms with Crippen LogP contribution in [0.25, 0.3) is 10.9 Å². The van der Waals surface area contributed by atoms with Crippen LogP contribution in [0.3, 0.4) is 0 Å². The van der Waals surface area contributed by atoms with Gasteiger partial charge in [-0.25, -0.2) is 4.39 Å². The number of carbonyl (C=O) groups excluding carboxylic acids is 1. The van der Waals surface area contributed by atoms with Crippen LogP contribution in [0.2, 0.25) is 5.02 Å². The van der Waals surface area contributed by atoms with E-state index in [1.165, 1.54) is 6.07 Å². The summed E-state index contributed by atoms with van der Waals surface area (Å²) in [5.41, 5.74) is 4.03. The third-order valence-electron chi connectivity index (χ3n) is 4.93. The van der Waals surface area contributed by atoms with Gasteiger partial charge in [0.1, 0.15) is 5.82 Å². The lowest BCUT2D eigenvalue weighted by Gasteiger charge is -2.22. The summed E-state index contributed by atoms with van der Waals surface area (Å²) in [5, 5.41) is 4.53. The molecule has 2 N–H and O–H groups in total. The van der Waals surface area contributed by atoms with Crippen LogP contribution in [0.5, 0.6) is 0 Å². The van der Waals surface area contributed by atoms with Crippen LogP contribution in [-0.2, 0) is 24.2 Å². The minimum absolute atomic E-state index is 0.0244. The number of hydrogen-bond donors (Lipinski definition) is 2. The molecular formula is C20H18ClFN2O. The number of aryl methyl sites for hydroxylation is 1. The first-order chi connectivity index (χ1) is 12.1. The van der Waals surface area contributed by atoms with Crippen molar-refractivity contribution in [3.05, 3.63) is 70.1 Å². The first kappa shape index (κ1) is 16.2. The Hall–Kier alpha value is -2.33. The zero-order valence-electron chi connectivity index (χ0n) is 13.6. The number of aromatic nitrogens is 1. The van der Waals surface area contributed by atoms with E-state index >= 15 is 0 Å². The summed E-state index contributed by atoms with van der Waals surface area (Å²) >= 11 is 6.13. The molecule has 1 unspecified atom stereocenters. The Morgan fingerprint density at radius 1 is 1.28 bits per heavy atom. The van der Waals surface area contributed by atoms with Crippen molar-refractivity contribution in [2.75, 3.05) is 0 Å². The third-order valence-corrected chi connectivity index (χ3v) is 5.30. The summed E-state index contributed by atoms with van der Waals surface area (Å²) in [5.74, 6) is -0.326. The van der Waals surface area contributed by atoms with Gasteiger partial charge >= 0.3 is 0 Å². The standard InChI is InChI=1S/C20H18ClFN2O/c21-17-4-2-1-3-13(17)11-23-20(25)12-5-7-18-15(9-12)16-10-14(22)6-8-19(16)24-18/h1-4,6,8,10,12,24H,5,7,9,11H2,(H,23,25). The fourth-order valence-electron chi connectivity index (χ4n) is 3.58. The smallest absolute Gasteiger partial charge is 0.223 e. The van der Waals surface area contributed by atoms with E-state index in [1.807, 2.05) is 24.3 Å². The van der Waals surface area contributed by atoms with Crippen molar-refractivity contribution in [1.29, 1.82) is 0 Å². The van der Waals surface area contributed by atoms with Gasteiger partial charge < -0.3 is 10.3 Å². The Balaban J connectivity index is 1.50. The fourth-order valence-corrected chi connectivity index (χ4v) is 3.78. The predicted molar refractivity (Wildman–Crippen MR) is 97.1 cm³/mol. The molecule has 3 nitrogen and oxygen atoms in total. The summed E-state index contributed by atoms with van der Waals surface area (Å²) in [6.45, 7) is 0.421. The molecular weight excluding hydrogens is 339 g/mol. The molecule has 2 aromatic carbocycles. The molecule has 128 valence electrons. The minimum Gasteiger partial charge on any atom is -0.358 e. The highest BCUT2D eigenvalue weighted by atomic mass is 35.5. The largest absolute Gasteiger partial charge is 0.358 e. The molecule has 0 aliphatic heterocycles. The maximum atomic E-state index is 13.6. The number of nitrogens with one attached hydrogen (secondary N) is 2. The number of halogens is 2. The summed E-state index contributed by atoms with van der Waals surface area (Å²) in [6, 6.07) is 12.3. The SMILES string of the molecule is O=C(NCc1ccccc1Cl)C1CCc2[nH]c3ccc(F)cc3c2C1. The number of rotatable bonds is 3. The predicted octanol–water partition coefficient (Wildman–Crippen LogP) is 4.38. The number of H-pyrrole nitrogens is 1. The second-order valence-corrected chi connectivity index (χ2v) is 6.93. The molecule has 25 heavy (non-hydrogen) atoms. The molecule has 0 fully saturated rings. The number of hydrogen-bond acceptors (Lipinski definition) is 1. The summed E-state index contributed by atoms with van der Waals surface area (Å²) in [7, 11) is 0. The van der Waals surface area contributed by atoms with Gasteiger partial charge in [-0.15, -0.1) is 0 Å². The van der Waals surface area contributed by atoms with Gasteiger partial charge in [-0.05, 0) is 54.7 Å². The van der Waals surface area contributed by atoms with Gasteiger partial charge in [0.2, 0.25) is 5.91 Å². The molecule has 1 amide bonds. The lowest BCUT2D eigenvalue weighted by molar-refractivity contribution is -0.125. The highest BCUT2D eigenvalue weighted by Gasteiger charge is 2.27. The van der Waals surface area contributed by atoms with E-state index in [9.17, 15) is 9.18 Å². The van der Waals surface area contributed by atoms with Crippen LogP contribution in [-0.4, -0.2) is 10.9 Å². The lowest BCUT2D eigenvalue weighted by Crippen LogP contribution is -2.33. The second-order valence-electron chi connectivity index (χ2n) is 6.52. The van der Waals surface area contributed by atoms with Gasteiger partial charge in [-0.2, -0.15) is 0 Å². The molecule has 5 heteroatoms. The monoisotopic (exact) mass is 356 g/mol. The maximum absolute atomic E-state index is 13.6. The Bertz CT molecular complexity index is 950. The van der Waals surface area contributed by atoms with Gasteiger partial charge in [0.05, 0.1) is 0 Å². The zero-order chi connectivity index (χ0) is 17.4. The Kier molecular flexibility index (Phi) is 4.22. The molecule has 0 saturated heterocycles. The van der Waals surface area contributed by atoms with Crippen LogP contribution in [0.15, 0.2) is 42.5 Å². The Morgan fingerprint density at radius 3 is 2.96 bits per heavy atom. The maximum Gasteiger partial charge on any atom is 0.223 e. The van der Waals surface area contributed by atoms with E-state index in [4.69, 9.17) is 11.6 Å². The molecule has 1 aliphatic rings. The molecule has 3 aromatic rings. The van der Waals surface area contributed by atoms with Gasteiger partial charge in [0.15, 0.2) is 0 Å². The summed E-state index contributed by atoms with van der Waals surface area (Å²) < 4.78 is 13.6. The van der Waals surface area contributed by atoms with Gasteiger partial charge in [-0.1, -0.05) is 29.8 Å². The minimum atomic E-state index is -0.250. The van der Waals surface area contributed by atoms with Gasteiger partial charge in [0, 0.05) is 34.1 Å². The van der Waals surface area contributed by atoms with Crippen molar-refractivity contribution < 1.29 is 9.18 Å². The molecule has 1 aromatic heterocycles. The summed E-state index contributed by atoms with van der Waals surface area (Å²) in [4.78, 5) is 15.9. The van der Waals surface area contributed by atoms with E-state index in [0.29, 0.717) is 18.0 Å². The molecule has 0 radical (unpaired) electrons. The van der Waals surface area contributed by atoms with E-state index in [2.05, 4.69) is 10.3 Å². The van der Waals surface area contributed by atoms with Gasteiger partial charge in [0.25, 0.3) is 0 Å². The third kappa shape index (κ3) is 3.14. The first-order valence-electron chi connectivity index (χ1n) is 8.42. The van der Waals surface area contributed by atoms with E-state index in [1.54, 1.807) is 12.1 Å². The van der Waals surface area contributed by atoms with Crippen molar-refractivity contribution in [3.8, 4) is 0 Å². The zero-order valence-corrected chi connectivity index (χ0v) is 14.4. The molecule has 0 bridgehead atoms. The normalized spacial score (nSPS) is 16.6. The van der Waals surface area contributed by atoms with Gasteiger partial charge in [-0.3, -0.25) is 4.79 Å². The first-order valence-corrected chi connectivity index (χ1v) is 8.79. The average Bonchev–Trinajstić information content (AvgIpc) is 2.98. The molecule has 1 aliphatic carbocycles. The molecule has 0 saturated carbocycles. The Labute approximate surface area is 150 Å². The van der Waals surface area contributed by atoms with Crippen LogP contribution >= 0.6 is 11.6 Å². The van der Waals surface area contributed by atoms with E-state index in [0.717, 1.165) is 40.6 Å². The van der Waals surface area contributed by atoms with Crippen LogP contribution in [0, 0.1) is 11.7 Å². The number of fused-ring (bicyclic) bond motifs is 3. The number of carbonyl (C=O) groups is 1. The number of benzene rings is 2. The van der Waals surface area contributed by atoms with Crippen molar-refractivity contribution in [3.63, 3.8) is 0 Å². The quantitative estimate of drug-likeness (QED) is 0.718. The Morgan fingerprint density at radius 2 is 2.12 bits per heavy atom. The lowest BCUT2D eigenvalue weighted by atomic mass is 9.86. The average molecular weight is 357 g/mol.